The Kier molecular flexibility index (Phi) is 7.89. The highest BCUT2D eigenvalue weighted by atomic mass is 16.3. The van der Waals surface area contributed by atoms with Crippen molar-refractivity contribution in [2.45, 2.75) is 59.0 Å². The predicted octanol–water partition coefficient (Wildman–Crippen LogP) is 6.71. The van der Waals surface area contributed by atoms with Gasteiger partial charge in [0, 0.05) is 11.1 Å². The van der Waals surface area contributed by atoms with E-state index in [2.05, 4.69) is 20.4 Å². The number of phenols is 1. The average Bonchev–Trinajstić information content (AvgIpc) is 3.14. The van der Waals surface area contributed by atoms with Crippen LogP contribution in [0.2, 0.25) is 0 Å². The van der Waals surface area contributed by atoms with Crippen LogP contribution in [0.15, 0.2) is 73.3 Å². The summed E-state index contributed by atoms with van der Waals surface area (Å²) in [6.45, 7) is 8.97. The predicted molar refractivity (Wildman–Crippen MR) is 146 cm³/mol. The lowest BCUT2D eigenvalue weighted by Crippen LogP contribution is -2.27. The van der Waals surface area contributed by atoms with Gasteiger partial charge in [0.2, 0.25) is 5.62 Å². The number of para-hydroxylation sites is 2. The van der Waals surface area contributed by atoms with E-state index in [9.17, 15) is 9.90 Å². The van der Waals surface area contributed by atoms with Gasteiger partial charge in [0.1, 0.15) is 5.75 Å². The largest absolute Gasteiger partial charge is 0.507 e. The Morgan fingerprint density at radius 3 is 2.28 bits per heavy atom. The van der Waals surface area contributed by atoms with E-state index in [1.165, 1.54) is 0 Å². The minimum Gasteiger partial charge on any atom is -0.507 e. The van der Waals surface area contributed by atoms with Crippen LogP contribution in [0.1, 0.15) is 66.6 Å². The Hall–Kier alpha value is -3.86. The van der Waals surface area contributed by atoms with E-state index < -0.39 is 0 Å². The Bertz CT molecular complexity index is 1440. The summed E-state index contributed by atoms with van der Waals surface area (Å²) in [6, 6.07) is 21.5. The molecule has 5 heteroatoms. The number of ketones is 1. The van der Waals surface area contributed by atoms with Crippen molar-refractivity contribution in [3.63, 3.8) is 0 Å². The van der Waals surface area contributed by atoms with E-state index in [1.54, 1.807) is 10.6 Å². The Balaban J connectivity index is 1.74. The number of benzene rings is 3. The van der Waals surface area contributed by atoms with Crippen LogP contribution in [0.3, 0.4) is 0 Å². The number of Topliss-reactive ketones (excluding diaryl/α,β-unsaturated/α-hetero) is 1. The van der Waals surface area contributed by atoms with Crippen LogP contribution in [-0.4, -0.2) is 20.0 Å². The maximum Gasteiger partial charge on any atom is 0.203 e. The molecule has 0 aliphatic heterocycles. The van der Waals surface area contributed by atoms with Crippen LogP contribution < -0.4 is 5.62 Å². The number of hydrogen-bond acceptors (Lipinski definition) is 3. The van der Waals surface area contributed by atoms with E-state index in [0.717, 1.165) is 53.4 Å². The van der Waals surface area contributed by atoms with Crippen molar-refractivity contribution in [2.24, 2.45) is 0 Å². The summed E-state index contributed by atoms with van der Waals surface area (Å²) in [6.07, 6.45) is 4.32. The summed E-state index contributed by atoms with van der Waals surface area (Å²) >= 11 is 0. The van der Waals surface area contributed by atoms with Crippen LogP contribution in [0.4, 0.5) is 0 Å². The summed E-state index contributed by atoms with van der Waals surface area (Å²) < 4.78 is 3.72. The first-order valence-electron chi connectivity index (χ1n) is 12.8. The van der Waals surface area contributed by atoms with E-state index in [4.69, 9.17) is 5.41 Å². The number of aryl methyl sites for hydroxylation is 1. The minimum absolute atomic E-state index is 0.0544. The SMILES string of the molecule is C=C(CCC)c1cc(C(=O)Cn2c(=N)n(Cc3ccccc3)c3ccccc32)cc(CCCC)c1O. The molecule has 0 atom stereocenters. The number of nitrogens with one attached hydrogen (secondary N) is 1. The second kappa shape index (κ2) is 11.3. The lowest BCUT2D eigenvalue weighted by Gasteiger charge is -2.15. The molecule has 0 unspecified atom stereocenters. The van der Waals surface area contributed by atoms with Gasteiger partial charge in [-0.2, -0.15) is 0 Å². The maximum absolute atomic E-state index is 13.6. The molecule has 3 aromatic carbocycles. The number of rotatable bonds is 11. The Morgan fingerprint density at radius 2 is 1.61 bits per heavy atom. The first-order chi connectivity index (χ1) is 17.4. The number of imidazole rings is 1. The number of allylic oxidation sites excluding steroid dienone is 1. The molecule has 4 rings (SSSR count). The summed E-state index contributed by atoms with van der Waals surface area (Å²) in [7, 11) is 0. The standard InChI is InChI=1S/C31H35N3O2/c1-4-6-15-24-18-25(19-26(30(24)36)22(3)12-5-2)29(35)21-34-28-17-11-10-16-27(28)33(31(34)32)20-23-13-8-7-9-14-23/h7-11,13-14,16-19,32,36H,3-6,12,15,20-21H2,1-2H3. The number of unbranched alkanes of at least 4 members (excludes halogenated alkanes) is 1. The van der Waals surface area contributed by atoms with Crippen molar-refractivity contribution >= 4 is 22.4 Å². The second-order valence-corrected chi connectivity index (χ2v) is 9.38. The normalized spacial score (nSPS) is 11.2. The molecule has 0 saturated carbocycles. The van der Waals surface area contributed by atoms with Crippen LogP contribution >= 0.6 is 0 Å². The average molecular weight is 482 g/mol. The van der Waals surface area contributed by atoms with Crippen molar-refractivity contribution in [3.8, 4) is 5.75 Å². The third kappa shape index (κ3) is 5.20. The first kappa shape index (κ1) is 25.2. The molecular weight excluding hydrogens is 446 g/mol. The van der Waals surface area contributed by atoms with Gasteiger partial charge in [-0.05, 0) is 60.2 Å². The number of hydrogen-bond donors (Lipinski definition) is 2. The number of aromatic nitrogens is 2. The molecule has 0 aliphatic rings. The topological polar surface area (TPSA) is 71.0 Å². The number of carbonyl (C=O) groups excluding carboxylic acids is 1. The van der Waals surface area contributed by atoms with Crippen molar-refractivity contribution in [1.29, 1.82) is 5.41 Å². The number of carbonyl (C=O) groups is 1. The van der Waals surface area contributed by atoms with Crippen molar-refractivity contribution in [1.82, 2.24) is 9.13 Å². The molecular formula is C31H35N3O2. The van der Waals surface area contributed by atoms with Crippen LogP contribution in [0.25, 0.3) is 16.6 Å². The van der Waals surface area contributed by atoms with Crippen molar-refractivity contribution < 1.29 is 9.90 Å². The lowest BCUT2D eigenvalue weighted by molar-refractivity contribution is 0.0971. The molecule has 0 radical (unpaired) electrons. The van der Waals surface area contributed by atoms with Gasteiger partial charge in [0.15, 0.2) is 5.78 Å². The highest BCUT2D eigenvalue weighted by Gasteiger charge is 2.19. The second-order valence-electron chi connectivity index (χ2n) is 9.38. The molecule has 1 heterocycles. The fourth-order valence-electron chi connectivity index (χ4n) is 4.73. The van der Waals surface area contributed by atoms with Gasteiger partial charge in [0.05, 0.1) is 24.1 Å². The van der Waals surface area contributed by atoms with Gasteiger partial charge in [-0.15, -0.1) is 0 Å². The third-order valence-electron chi connectivity index (χ3n) is 6.70. The minimum atomic E-state index is -0.0839. The summed E-state index contributed by atoms with van der Waals surface area (Å²) in [5.41, 5.74) is 6.01. The number of nitrogens with zero attached hydrogens (tertiary/aromatic N) is 2. The molecule has 1 aromatic heterocycles. The molecule has 186 valence electrons. The van der Waals surface area contributed by atoms with Gasteiger partial charge in [-0.3, -0.25) is 10.2 Å². The van der Waals surface area contributed by atoms with Crippen LogP contribution in [-0.2, 0) is 19.5 Å². The zero-order valence-electron chi connectivity index (χ0n) is 21.3. The number of phenolic OH excluding ortho intramolecular Hbond substituents is 1. The Labute approximate surface area is 212 Å². The fourth-order valence-corrected chi connectivity index (χ4v) is 4.73. The highest BCUT2D eigenvalue weighted by molar-refractivity contribution is 5.98. The number of aromatic hydroxyl groups is 1. The van der Waals surface area contributed by atoms with Crippen molar-refractivity contribution in [2.75, 3.05) is 0 Å². The zero-order valence-corrected chi connectivity index (χ0v) is 21.3. The molecule has 0 bridgehead atoms. The summed E-state index contributed by atoms with van der Waals surface area (Å²) in [4.78, 5) is 13.6. The molecule has 0 fully saturated rings. The van der Waals surface area contributed by atoms with Crippen LogP contribution in [0, 0.1) is 5.41 Å². The monoisotopic (exact) mass is 481 g/mol. The fraction of sp³-hybridized carbons (Fsp3) is 0.290. The van der Waals surface area contributed by atoms with Gasteiger partial charge in [-0.25, -0.2) is 0 Å². The summed E-state index contributed by atoms with van der Waals surface area (Å²) in [5, 5.41) is 19.9. The molecule has 0 aliphatic carbocycles. The van der Waals surface area contributed by atoms with E-state index in [0.29, 0.717) is 24.1 Å². The summed E-state index contributed by atoms with van der Waals surface area (Å²) in [5.74, 6) is 0.158. The zero-order chi connectivity index (χ0) is 25.7. The molecule has 2 N–H and O–H groups in total. The van der Waals surface area contributed by atoms with Gasteiger partial charge >= 0.3 is 0 Å². The molecule has 0 amide bonds. The third-order valence-corrected chi connectivity index (χ3v) is 6.70. The first-order valence-corrected chi connectivity index (χ1v) is 12.8. The van der Waals surface area contributed by atoms with Gasteiger partial charge < -0.3 is 14.2 Å². The van der Waals surface area contributed by atoms with Crippen molar-refractivity contribution in [3.05, 3.63) is 101 Å². The Morgan fingerprint density at radius 1 is 0.944 bits per heavy atom. The molecule has 0 spiro atoms. The van der Waals surface area contributed by atoms with Gasteiger partial charge in [0.25, 0.3) is 0 Å². The van der Waals surface area contributed by atoms with Gasteiger partial charge in [-0.1, -0.05) is 75.7 Å². The van der Waals surface area contributed by atoms with E-state index >= 15 is 0 Å². The molecule has 4 aromatic rings. The smallest absolute Gasteiger partial charge is 0.203 e. The molecule has 36 heavy (non-hydrogen) atoms. The van der Waals surface area contributed by atoms with E-state index in [-0.39, 0.29) is 23.7 Å². The maximum atomic E-state index is 13.6. The molecule has 5 nitrogen and oxygen atoms in total. The highest BCUT2D eigenvalue weighted by Crippen LogP contribution is 2.33. The van der Waals surface area contributed by atoms with Crippen LogP contribution in [0.5, 0.6) is 5.75 Å². The number of fused-ring (bicyclic) bond motifs is 1. The quantitative estimate of drug-likeness (QED) is 0.234. The molecule has 0 saturated heterocycles. The lowest BCUT2D eigenvalue weighted by atomic mass is 9.93. The van der Waals surface area contributed by atoms with E-state index in [1.807, 2.05) is 65.2 Å².